The Balaban J connectivity index is 2.70. The Morgan fingerprint density at radius 3 is 2.10 bits per heavy atom. The first-order valence-electron chi connectivity index (χ1n) is 9.28. The Hall–Kier alpha value is -3.27. The number of esters is 1. The number of amidine groups is 1. The Morgan fingerprint density at radius 1 is 1.13 bits per heavy atom. The van der Waals surface area contributed by atoms with Gasteiger partial charge < -0.3 is 14.8 Å². The van der Waals surface area contributed by atoms with Crippen LogP contribution < -0.4 is 15.5 Å². The number of benzene rings is 2. The van der Waals surface area contributed by atoms with Gasteiger partial charge in [0, 0.05) is 11.3 Å². The molecule has 10 heteroatoms. The van der Waals surface area contributed by atoms with Gasteiger partial charge in [-0.2, -0.15) is 13.2 Å². The zero-order chi connectivity index (χ0) is 23.4. The molecule has 0 aliphatic rings. The molecule has 0 saturated heterocycles. The lowest BCUT2D eigenvalue weighted by Gasteiger charge is -2.36. The van der Waals surface area contributed by atoms with E-state index >= 15 is 0 Å². The van der Waals surface area contributed by atoms with Crippen LogP contribution in [0.3, 0.4) is 0 Å². The van der Waals surface area contributed by atoms with Crippen molar-refractivity contribution in [3.8, 4) is 5.75 Å². The van der Waals surface area contributed by atoms with Crippen LogP contribution in [0.1, 0.15) is 29.2 Å². The molecule has 4 N–H and O–H groups in total. The molecule has 2 rings (SSSR count). The summed E-state index contributed by atoms with van der Waals surface area (Å²) in [6.45, 7) is 4.35. The molecule has 0 fully saturated rings. The number of alkyl halides is 3. The number of aryl methyl sites for hydroxylation is 2. The van der Waals surface area contributed by atoms with Crippen LogP contribution in [0.2, 0.25) is 0 Å². The third-order valence-corrected chi connectivity index (χ3v) is 4.72. The van der Waals surface area contributed by atoms with E-state index in [1.54, 1.807) is 19.3 Å². The number of halogens is 3. The number of hydrogen-bond acceptors (Lipinski definition) is 6. The molecule has 0 aliphatic heterocycles. The maximum Gasteiger partial charge on any atom is 0.426 e. The normalized spacial score (nSPS) is 13.2. The van der Waals surface area contributed by atoms with Crippen LogP contribution in [0.4, 0.5) is 18.9 Å². The number of carbonyl (C=O) groups is 1. The van der Waals surface area contributed by atoms with Gasteiger partial charge in [-0.25, -0.2) is 4.79 Å². The van der Waals surface area contributed by atoms with Crippen molar-refractivity contribution >= 4 is 17.5 Å². The fourth-order valence-corrected chi connectivity index (χ4v) is 3.32. The van der Waals surface area contributed by atoms with Crippen LogP contribution >= 0.6 is 0 Å². The largest absolute Gasteiger partial charge is 0.496 e. The molecular formula is C21H24F3N3O4. The lowest BCUT2D eigenvalue weighted by atomic mass is 9.86. The maximum absolute atomic E-state index is 14.6. The van der Waals surface area contributed by atoms with Crippen LogP contribution in [-0.4, -0.2) is 36.9 Å². The van der Waals surface area contributed by atoms with Gasteiger partial charge in [0.05, 0.1) is 13.7 Å². The molecule has 0 radical (unpaired) electrons. The summed E-state index contributed by atoms with van der Waals surface area (Å²) >= 11 is 0. The highest BCUT2D eigenvalue weighted by Crippen LogP contribution is 2.44. The molecule has 1 atom stereocenters. The van der Waals surface area contributed by atoms with Gasteiger partial charge in [0.15, 0.2) is 0 Å². The molecule has 0 aliphatic carbocycles. The first-order chi connectivity index (χ1) is 14.5. The minimum absolute atomic E-state index is 0.0361. The quantitative estimate of drug-likeness (QED) is 0.225. The van der Waals surface area contributed by atoms with Crippen LogP contribution in [0.15, 0.2) is 36.4 Å². The molecule has 2 aromatic carbocycles. The van der Waals surface area contributed by atoms with Crippen molar-refractivity contribution in [1.29, 1.82) is 5.41 Å². The number of hydrogen-bond donors (Lipinski definition) is 4. The summed E-state index contributed by atoms with van der Waals surface area (Å²) < 4.78 is 53.8. The monoisotopic (exact) mass is 439 g/mol. The number of anilines is 1. The highest BCUT2D eigenvalue weighted by atomic mass is 19.4. The van der Waals surface area contributed by atoms with Gasteiger partial charge in [-0.3, -0.25) is 16.1 Å². The van der Waals surface area contributed by atoms with Gasteiger partial charge in [-0.15, -0.1) is 0 Å². The molecule has 0 saturated carbocycles. The highest BCUT2D eigenvalue weighted by Gasteiger charge is 2.63. The summed E-state index contributed by atoms with van der Waals surface area (Å²) in [6, 6.07) is 7.66. The molecule has 1 unspecified atom stereocenters. The molecule has 0 amide bonds. The van der Waals surface area contributed by atoms with E-state index in [9.17, 15) is 18.0 Å². The van der Waals surface area contributed by atoms with Crippen molar-refractivity contribution in [2.75, 3.05) is 19.0 Å². The third kappa shape index (κ3) is 4.58. The van der Waals surface area contributed by atoms with Gasteiger partial charge in [-0.05, 0) is 73.9 Å². The molecule has 0 bridgehead atoms. The topological polar surface area (TPSA) is 104 Å². The first kappa shape index (κ1) is 24.0. The number of hydroxylamine groups is 1. The van der Waals surface area contributed by atoms with Crippen LogP contribution in [0.5, 0.6) is 5.75 Å². The Bertz CT molecular complexity index is 938. The SMILES string of the molecule is CCOC(=O)C(Nc1ccc(C(=N)NO)cc1)(c1cc(C)c(OC)c(C)c1)C(F)(F)F. The Kier molecular flexibility index (Phi) is 7.17. The summed E-state index contributed by atoms with van der Waals surface area (Å²) in [5, 5.41) is 18.7. The molecule has 0 heterocycles. The van der Waals surface area contributed by atoms with Gasteiger partial charge in [-0.1, -0.05) is 0 Å². The van der Waals surface area contributed by atoms with E-state index in [4.69, 9.17) is 20.1 Å². The molecule has 0 aromatic heterocycles. The van der Waals surface area contributed by atoms with Crippen LogP contribution in [0, 0.1) is 19.3 Å². The predicted octanol–water partition coefficient (Wildman–Crippen LogP) is 4.05. The molecule has 0 spiro atoms. The number of carbonyl (C=O) groups excluding carboxylic acids is 1. The number of rotatable bonds is 7. The van der Waals surface area contributed by atoms with E-state index in [0.29, 0.717) is 16.9 Å². The smallest absolute Gasteiger partial charge is 0.426 e. The Morgan fingerprint density at radius 2 is 1.68 bits per heavy atom. The standard InChI is InChI=1S/C21H24F3N3O4/c1-5-31-19(28)20(21(22,23)24,15-10-12(2)17(30-4)13(3)11-15)26-16-8-6-14(7-9-16)18(25)27-29/h6-11,26,29H,5H2,1-4H3,(H2,25,27). The molecule has 168 valence electrons. The van der Waals surface area contributed by atoms with Gasteiger partial charge >= 0.3 is 12.1 Å². The number of ether oxygens (including phenoxy) is 2. The van der Waals surface area contributed by atoms with Crippen LogP contribution in [0.25, 0.3) is 0 Å². The maximum atomic E-state index is 14.6. The minimum atomic E-state index is -5.06. The van der Waals surface area contributed by atoms with Crippen LogP contribution in [-0.2, 0) is 15.1 Å². The van der Waals surface area contributed by atoms with E-state index < -0.39 is 17.7 Å². The third-order valence-electron chi connectivity index (χ3n) is 4.72. The van der Waals surface area contributed by atoms with E-state index in [-0.39, 0.29) is 29.3 Å². The van der Waals surface area contributed by atoms with Crippen molar-refractivity contribution in [3.05, 3.63) is 58.7 Å². The van der Waals surface area contributed by atoms with Crippen molar-refractivity contribution < 1.29 is 32.6 Å². The van der Waals surface area contributed by atoms with Crippen molar-refractivity contribution in [3.63, 3.8) is 0 Å². The zero-order valence-electron chi connectivity index (χ0n) is 17.5. The average molecular weight is 439 g/mol. The summed E-state index contributed by atoms with van der Waals surface area (Å²) in [6.07, 6.45) is -5.06. The highest BCUT2D eigenvalue weighted by molar-refractivity contribution is 5.96. The molecule has 2 aromatic rings. The average Bonchev–Trinajstić information content (AvgIpc) is 2.70. The first-order valence-corrected chi connectivity index (χ1v) is 9.28. The molecule has 7 nitrogen and oxygen atoms in total. The summed E-state index contributed by atoms with van der Waals surface area (Å²) in [7, 11) is 1.41. The van der Waals surface area contributed by atoms with Gasteiger partial charge in [0.1, 0.15) is 11.6 Å². The molecular weight excluding hydrogens is 415 g/mol. The van der Waals surface area contributed by atoms with Crippen molar-refractivity contribution in [2.24, 2.45) is 0 Å². The zero-order valence-corrected chi connectivity index (χ0v) is 17.5. The van der Waals surface area contributed by atoms with E-state index in [1.165, 1.54) is 50.4 Å². The predicted molar refractivity (Wildman–Crippen MR) is 109 cm³/mol. The molecule has 31 heavy (non-hydrogen) atoms. The Labute approximate surface area is 177 Å². The second-order valence-electron chi connectivity index (χ2n) is 6.80. The van der Waals surface area contributed by atoms with Gasteiger partial charge in [0.25, 0.3) is 5.54 Å². The van der Waals surface area contributed by atoms with E-state index in [0.717, 1.165) is 0 Å². The van der Waals surface area contributed by atoms with E-state index in [1.807, 2.05) is 0 Å². The van der Waals surface area contributed by atoms with Gasteiger partial charge in [0.2, 0.25) is 0 Å². The number of methoxy groups -OCH3 is 1. The second kappa shape index (κ2) is 9.25. The van der Waals surface area contributed by atoms with E-state index in [2.05, 4.69) is 5.32 Å². The lowest BCUT2D eigenvalue weighted by molar-refractivity contribution is -0.203. The van der Waals surface area contributed by atoms with Crippen molar-refractivity contribution in [2.45, 2.75) is 32.5 Å². The summed E-state index contributed by atoms with van der Waals surface area (Å²) in [5.41, 5.74) is -0.826. The van der Waals surface area contributed by atoms with Crippen molar-refractivity contribution in [1.82, 2.24) is 5.48 Å². The summed E-state index contributed by atoms with van der Waals surface area (Å²) in [4.78, 5) is 12.8. The lowest BCUT2D eigenvalue weighted by Crippen LogP contribution is -2.56. The second-order valence-corrected chi connectivity index (χ2v) is 6.80. The minimum Gasteiger partial charge on any atom is -0.496 e. The fraction of sp³-hybridized carbons (Fsp3) is 0.333. The fourth-order valence-electron chi connectivity index (χ4n) is 3.32. The number of nitrogens with one attached hydrogen (secondary N) is 3. The summed E-state index contributed by atoms with van der Waals surface area (Å²) in [5.74, 6) is -1.41.